The second-order valence-electron chi connectivity index (χ2n) is 5.07. The number of amides is 1. The molecule has 0 aliphatic carbocycles. The standard InChI is InChI=1S/C15H17N3O3/c1-9(12-7-16-18(3)10(12)2)17-15(19)11-4-5-13-14(6-11)21-8-20-13/h4-7,9H,8H2,1-3H3,(H,17,19). The zero-order valence-corrected chi connectivity index (χ0v) is 12.2. The number of ether oxygens (including phenoxy) is 2. The van der Waals surface area contributed by atoms with Crippen LogP contribution in [0, 0.1) is 6.92 Å². The van der Waals surface area contributed by atoms with Gasteiger partial charge in [0.05, 0.1) is 12.2 Å². The van der Waals surface area contributed by atoms with Crippen LogP contribution in [-0.2, 0) is 7.05 Å². The molecule has 1 aromatic heterocycles. The number of aromatic nitrogens is 2. The van der Waals surface area contributed by atoms with Crippen LogP contribution < -0.4 is 14.8 Å². The summed E-state index contributed by atoms with van der Waals surface area (Å²) in [5.41, 5.74) is 2.59. The van der Waals surface area contributed by atoms with E-state index in [1.807, 2.05) is 20.9 Å². The average molecular weight is 287 g/mol. The van der Waals surface area contributed by atoms with Gasteiger partial charge in [-0.3, -0.25) is 9.48 Å². The third-order valence-electron chi connectivity index (χ3n) is 3.72. The van der Waals surface area contributed by atoms with Crippen LogP contribution in [0.2, 0.25) is 0 Å². The van der Waals surface area contributed by atoms with E-state index in [2.05, 4.69) is 10.4 Å². The van der Waals surface area contributed by atoms with Crippen molar-refractivity contribution in [2.24, 2.45) is 7.05 Å². The maximum Gasteiger partial charge on any atom is 0.251 e. The Morgan fingerprint density at radius 3 is 2.86 bits per heavy atom. The molecule has 0 fully saturated rings. The lowest BCUT2D eigenvalue weighted by Gasteiger charge is -2.14. The topological polar surface area (TPSA) is 65.4 Å². The summed E-state index contributed by atoms with van der Waals surface area (Å²) in [7, 11) is 1.88. The zero-order valence-electron chi connectivity index (χ0n) is 12.2. The Morgan fingerprint density at radius 2 is 2.14 bits per heavy atom. The van der Waals surface area contributed by atoms with E-state index in [1.165, 1.54) is 0 Å². The van der Waals surface area contributed by atoms with Crippen molar-refractivity contribution >= 4 is 5.91 Å². The Hall–Kier alpha value is -2.50. The Balaban J connectivity index is 1.75. The number of nitrogens with zero attached hydrogens (tertiary/aromatic N) is 2. The maximum absolute atomic E-state index is 12.3. The maximum atomic E-state index is 12.3. The van der Waals surface area contributed by atoms with Crippen molar-refractivity contribution in [1.29, 1.82) is 0 Å². The molecule has 0 bridgehead atoms. The minimum atomic E-state index is -0.149. The van der Waals surface area contributed by atoms with Gasteiger partial charge in [-0.15, -0.1) is 0 Å². The van der Waals surface area contributed by atoms with Crippen molar-refractivity contribution in [2.75, 3.05) is 6.79 Å². The molecule has 6 nitrogen and oxygen atoms in total. The summed E-state index contributed by atoms with van der Waals surface area (Å²) in [6.45, 7) is 4.12. The molecule has 2 heterocycles. The number of benzene rings is 1. The van der Waals surface area contributed by atoms with Crippen LogP contribution in [0.1, 0.15) is 34.6 Å². The Bertz CT molecular complexity index is 693. The van der Waals surface area contributed by atoms with Crippen molar-refractivity contribution in [3.8, 4) is 11.5 Å². The summed E-state index contributed by atoms with van der Waals surface area (Å²) < 4.78 is 12.3. The van der Waals surface area contributed by atoms with E-state index in [0.29, 0.717) is 17.1 Å². The van der Waals surface area contributed by atoms with Crippen molar-refractivity contribution < 1.29 is 14.3 Å². The van der Waals surface area contributed by atoms with Crippen LogP contribution in [0.3, 0.4) is 0 Å². The highest BCUT2D eigenvalue weighted by Crippen LogP contribution is 2.32. The number of hydrogen-bond acceptors (Lipinski definition) is 4. The van der Waals surface area contributed by atoms with Crippen LogP contribution in [-0.4, -0.2) is 22.5 Å². The number of hydrogen-bond donors (Lipinski definition) is 1. The van der Waals surface area contributed by atoms with Crippen LogP contribution in [0.25, 0.3) is 0 Å². The summed E-state index contributed by atoms with van der Waals surface area (Å²) in [6.07, 6.45) is 1.78. The first kappa shape index (κ1) is 13.5. The van der Waals surface area contributed by atoms with Gasteiger partial charge >= 0.3 is 0 Å². The summed E-state index contributed by atoms with van der Waals surface area (Å²) in [4.78, 5) is 12.3. The van der Waals surface area contributed by atoms with Gasteiger partial charge in [-0.05, 0) is 32.0 Å². The Kier molecular flexibility index (Phi) is 3.29. The lowest BCUT2D eigenvalue weighted by molar-refractivity contribution is 0.0939. The molecule has 2 aromatic rings. The molecule has 0 saturated carbocycles. The van der Waals surface area contributed by atoms with E-state index in [1.54, 1.807) is 29.1 Å². The highest BCUT2D eigenvalue weighted by Gasteiger charge is 2.19. The number of carbonyl (C=O) groups is 1. The summed E-state index contributed by atoms with van der Waals surface area (Å²) in [6, 6.07) is 5.06. The van der Waals surface area contributed by atoms with Crippen LogP contribution in [0.15, 0.2) is 24.4 Å². The molecular weight excluding hydrogens is 270 g/mol. The van der Waals surface area contributed by atoms with Gasteiger partial charge in [-0.25, -0.2) is 0 Å². The number of nitrogens with one attached hydrogen (secondary N) is 1. The smallest absolute Gasteiger partial charge is 0.251 e. The number of carbonyl (C=O) groups excluding carboxylic acids is 1. The summed E-state index contributed by atoms with van der Waals surface area (Å²) >= 11 is 0. The molecule has 1 unspecified atom stereocenters. The monoisotopic (exact) mass is 287 g/mol. The fraction of sp³-hybridized carbons (Fsp3) is 0.333. The highest BCUT2D eigenvalue weighted by molar-refractivity contribution is 5.95. The first-order valence-corrected chi connectivity index (χ1v) is 6.75. The molecule has 1 N–H and O–H groups in total. The molecule has 6 heteroatoms. The number of fused-ring (bicyclic) bond motifs is 1. The molecule has 110 valence electrons. The van der Waals surface area contributed by atoms with E-state index >= 15 is 0 Å². The third-order valence-corrected chi connectivity index (χ3v) is 3.72. The summed E-state index contributed by atoms with van der Waals surface area (Å²) in [5, 5.41) is 7.16. The Morgan fingerprint density at radius 1 is 1.38 bits per heavy atom. The minimum Gasteiger partial charge on any atom is -0.454 e. The molecule has 0 spiro atoms. The van der Waals surface area contributed by atoms with Crippen molar-refractivity contribution in [3.63, 3.8) is 0 Å². The lowest BCUT2D eigenvalue weighted by atomic mass is 10.1. The van der Waals surface area contributed by atoms with Gasteiger partial charge < -0.3 is 14.8 Å². The van der Waals surface area contributed by atoms with Gasteiger partial charge in [0, 0.05) is 23.9 Å². The molecule has 1 aliphatic heterocycles. The quantitative estimate of drug-likeness (QED) is 0.937. The molecule has 3 rings (SSSR count). The van der Waals surface area contributed by atoms with Gasteiger partial charge in [0.15, 0.2) is 11.5 Å². The SMILES string of the molecule is Cc1c(C(C)NC(=O)c2ccc3c(c2)OCO3)cnn1C. The molecule has 1 amide bonds. The van der Waals surface area contributed by atoms with Gasteiger partial charge in [0.1, 0.15) is 0 Å². The molecule has 1 aromatic carbocycles. The number of rotatable bonds is 3. The van der Waals surface area contributed by atoms with Crippen LogP contribution in [0.4, 0.5) is 0 Å². The normalized spacial score (nSPS) is 14.0. The lowest BCUT2D eigenvalue weighted by Crippen LogP contribution is -2.26. The largest absolute Gasteiger partial charge is 0.454 e. The fourth-order valence-corrected chi connectivity index (χ4v) is 2.34. The van der Waals surface area contributed by atoms with E-state index in [9.17, 15) is 4.79 Å². The highest BCUT2D eigenvalue weighted by atomic mass is 16.7. The first-order chi connectivity index (χ1) is 10.1. The van der Waals surface area contributed by atoms with Crippen LogP contribution >= 0.6 is 0 Å². The Labute approximate surface area is 122 Å². The first-order valence-electron chi connectivity index (χ1n) is 6.75. The van der Waals surface area contributed by atoms with Gasteiger partial charge in [-0.2, -0.15) is 5.10 Å². The average Bonchev–Trinajstić information content (AvgIpc) is 3.05. The van der Waals surface area contributed by atoms with Crippen LogP contribution in [0.5, 0.6) is 11.5 Å². The molecule has 1 atom stereocenters. The van der Waals surface area contributed by atoms with Crippen molar-refractivity contribution in [2.45, 2.75) is 19.9 Å². The fourth-order valence-electron chi connectivity index (χ4n) is 2.34. The summed E-state index contributed by atoms with van der Waals surface area (Å²) in [5.74, 6) is 1.12. The molecule has 1 aliphatic rings. The van der Waals surface area contributed by atoms with Gasteiger partial charge in [0.25, 0.3) is 5.91 Å². The van der Waals surface area contributed by atoms with Gasteiger partial charge in [0.2, 0.25) is 6.79 Å². The predicted molar refractivity (Wildman–Crippen MR) is 76.4 cm³/mol. The molecule has 21 heavy (non-hydrogen) atoms. The minimum absolute atomic E-state index is 0.114. The second kappa shape index (κ2) is 5.12. The molecular formula is C15H17N3O3. The zero-order chi connectivity index (χ0) is 15.0. The van der Waals surface area contributed by atoms with Crippen molar-refractivity contribution in [1.82, 2.24) is 15.1 Å². The predicted octanol–water partition coefficient (Wildman–Crippen LogP) is 1.95. The third kappa shape index (κ3) is 2.44. The van der Waals surface area contributed by atoms with E-state index < -0.39 is 0 Å². The number of aryl methyl sites for hydroxylation is 1. The van der Waals surface area contributed by atoms with Gasteiger partial charge in [-0.1, -0.05) is 0 Å². The second-order valence-corrected chi connectivity index (χ2v) is 5.07. The van der Waals surface area contributed by atoms with Crippen molar-refractivity contribution in [3.05, 3.63) is 41.2 Å². The van der Waals surface area contributed by atoms with E-state index in [-0.39, 0.29) is 18.7 Å². The van der Waals surface area contributed by atoms with E-state index in [4.69, 9.17) is 9.47 Å². The van der Waals surface area contributed by atoms with E-state index in [0.717, 1.165) is 11.3 Å². The molecule has 0 saturated heterocycles. The molecule has 0 radical (unpaired) electrons.